The zero-order chi connectivity index (χ0) is 18.7. The first-order valence-corrected chi connectivity index (χ1v) is 9.25. The van der Waals surface area contributed by atoms with Crippen LogP contribution in [0.25, 0.3) is 5.82 Å². The minimum absolute atomic E-state index is 0.0661. The number of hydrazone groups is 1. The molecule has 0 unspecified atom stereocenters. The molecular formula is C14H15BrN8O2S. The molecule has 0 fully saturated rings. The third-order valence-corrected chi connectivity index (χ3v) is 5.15. The lowest BCUT2D eigenvalue weighted by molar-refractivity contribution is 0.0948. The number of carbonyl (C=O) groups is 1. The molecule has 0 saturated carbocycles. The summed E-state index contributed by atoms with van der Waals surface area (Å²) in [5.74, 6) is -0.204. The average Bonchev–Trinajstić information content (AvgIpc) is 3.33. The molecule has 3 aromatic rings. The smallest absolute Gasteiger partial charge is 0.293 e. The summed E-state index contributed by atoms with van der Waals surface area (Å²) in [6.07, 6.45) is 1.31. The molecule has 12 heteroatoms. The maximum atomic E-state index is 12.5. The normalized spacial score (nSPS) is 11.7. The number of hydrogen-bond donors (Lipinski definition) is 2. The molecule has 0 saturated heterocycles. The van der Waals surface area contributed by atoms with Gasteiger partial charge in [0, 0.05) is 0 Å². The minimum Gasteiger partial charge on any atom is -0.378 e. The first-order chi connectivity index (χ1) is 12.5. The molecule has 10 nitrogen and oxygen atoms in total. The van der Waals surface area contributed by atoms with E-state index in [0.717, 1.165) is 15.1 Å². The lowest BCUT2D eigenvalue weighted by Crippen LogP contribution is -2.21. The van der Waals surface area contributed by atoms with E-state index in [9.17, 15) is 4.79 Å². The quantitative estimate of drug-likeness (QED) is 0.444. The van der Waals surface area contributed by atoms with E-state index in [2.05, 4.69) is 51.7 Å². The van der Waals surface area contributed by atoms with Gasteiger partial charge in [0.15, 0.2) is 5.69 Å². The zero-order valence-electron chi connectivity index (χ0n) is 13.9. The highest BCUT2D eigenvalue weighted by molar-refractivity contribution is 9.11. The molecule has 26 heavy (non-hydrogen) atoms. The van der Waals surface area contributed by atoms with Gasteiger partial charge in [-0.2, -0.15) is 9.78 Å². The molecule has 3 rings (SSSR count). The maximum absolute atomic E-state index is 12.5. The van der Waals surface area contributed by atoms with Gasteiger partial charge >= 0.3 is 0 Å². The van der Waals surface area contributed by atoms with Gasteiger partial charge in [-0.15, -0.1) is 16.4 Å². The molecule has 136 valence electrons. The summed E-state index contributed by atoms with van der Waals surface area (Å²) < 4.78 is 6.94. The lowest BCUT2D eigenvalue weighted by atomic mass is 10.2. The molecule has 0 atom stereocenters. The highest BCUT2D eigenvalue weighted by Crippen LogP contribution is 2.22. The number of anilines is 1. The molecule has 0 aliphatic carbocycles. The van der Waals surface area contributed by atoms with Crippen molar-refractivity contribution in [1.82, 2.24) is 30.7 Å². The second kappa shape index (κ2) is 7.74. The van der Waals surface area contributed by atoms with Gasteiger partial charge in [0.2, 0.25) is 11.6 Å². The zero-order valence-corrected chi connectivity index (χ0v) is 16.3. The van der Waals surface area contributed by atoms with Gasteiger partial charge < -0.3 is 5.73 Å². The fourth-order valence-electron chi connectivity index (χ4n) is 2.20. The number of carbonyl (C=O) groups excluding carboxylic acids is 1. The number of hydrogen-bond acceptors (Lipinski definition) is 9. The van der Waals surface area contributed by atoms with E-state index in [0.29, 0.717) is 17.8 Å². The summed E-state index contributed by atoms with van der Waals surface area (Å²) in [7, 11) is 0. The fraction of sp³-hybridized carbons (Fsp3) is 0.286. The van der Waals surface area contributed by atoms with Crippen LogP contribution >= 0.6 is 27.3 Å². The van der Waals surface area contributed by atoms with Gasteiger partial charge in [-0.25, -0.2) is 10.1 Å². The summed E-state index contributed by atoms with van der Waals surface area (Å²) in [5.41, 5.74) is 9.61. The summed E-state index contributed by atoms with van der Waals surface area (Å²) in [4.78, 5) is 13.5. The van der Waals surface area contributed by atoms with Gasteiger partial charge in [0.1, 0.15) is 0 Å². The molecule has 0 spiro atoms. The van der Waals surface area contributed by atoms with Crippen LogP contribution in [-0.2, 0) is 6.42 Å². The number of aromatic nitrogens is 5. The van der Waals surface area contributed by atoms with Crippen molar-refractivity contribution >= 4 is 44.7 Å². The van der Waals surface area contributed by atoms with E-state index >= 15 is 0 Å². The number of nitrogen functional groups attached to an aromatic ring is 1. The number of amides is 1. The van der Waals surface area contributed by atoms with Gasteiger partial charge in [-0.05, 0) is 51.7 Å². The number of nitrogens with one attached hydrogen (secondary N) is 1. The van der Waals surface area contributed by atoms with Gasteiger partial charge in [0.05, 0.1) is 20.1 Å². The Balaban J connectivity index is 1.85. The standard InChI is InChI=1S/C14H15BrN8O2S/c1-3-4-8-11(18-22-23(8)13-12(16)20-25-21-13)14(24)19-17-7(2)9-5-6-10(15)26-9/h5-6H,3-4H2,1-2H3,(H2,16,20)(H,19,24)/b17-7-. The van der Waals surface area contributed by atoms with E-state index in [1.807, 2.05) is 26.0 Å². The van der Waals surface area contributed by atoms with Gasteiger partial charge in [-0.1, -0.05) is 18.6 Å². The topological polar surface area (TPSA) is 137 Å². The van der Waals surface area contributed by atoms with Crippen LogP contribution in [0.3, 0.4) is 0 Å². The highest BCUT2D eigenvalue weighted by Gasteiger charge is 2.23. The van der Waals surface area contributed by atoms with Crippen molar-refractivity contribution in [3.8, 4) is 5.82 Å². The molecule has 1 amide bonds. The number of halogens is 1. The first-order valence-electron chi connectivity index (χ1n) is 7.64. The molecule has 0 aliphatic heterocycles. The SMILES string of the molecule is CCCc1c(C(=O)N/N=C(/C)c2ccc(Br)s2)nnn1-c1nonc1N. The van der Waals surface area contributed by atoms with E-state index in [4.69, 9.17) is 5.73 Å². The van der Waals surface area contributed by atoms with Gasteiger partial charge in [0.25, 0.3) is 5.91 Å². The van der Waals surface area contributed by atoms with Crippen LogP contribution in [0.1, 0.15) is 41.3 Å². The van der Waals surface area contributed by atoms with Crippen molar-refractivity contribution in [3.05, 3.63) is 32.2 Å². The van der Waals surface area contributed by atoms with Crippen molar-refractivity contribution in [2.24, 2.45) is 5.10 Å². The van der Waals surface area contributed by atoms with E-state index in [1.165, 1.54) is 16.0 Å². The van der Waals surface area contributed by atoms with Crippen LogP contribution in [0.15, 0.2) is 25.6 Å². The fourth-order valence-corrected chi connectivity index (χ4v) is 3.53. The van der Waals surface area contributed by atoms with Crippen molar-refractivity contribution in [3.63, 3.8) is 0 Å². The van der Waals surface area contributed by atoms with E-state index in [1.54, 1.807) is 0 Å². The Morgan fingerprint density at radius 2 is 2.27 bits per heavy atom. The third-order valence-electron chi connectivity index (χ3n) is 3.42. The Morgan fingerprint density at radius 1 is 1.46 bits per heavy atom. The molecule has 3 heterocycles. The molecule has 0 aromatic carbocycles. The van der Waals surface area contributed by atoms with E-state index in [-0.39, 0.29) is 17.3 Å². The number of rotatable bonds is 6. The Hall–Kier alpha value is -2.60. The average molecular weight is 439 g/mol. The molecule has 0 aliphatic rings. The largest absolute Gasteiger partial charge is 0.378 e. The Kier molecular flexibility index (Phi) is 5.42. The monoisotopic (exact) mass is 438 g/mol. The predicted octanol–water partition coefficient (Wildman–Crippen LogP) is 2.16. The van der Waals surface area contributed by atoms with Crippen molar-refractivity contribution in [2.75, 3.05) is 5.73 Å². The molecular weight excluding hydrogens is 424 g/mol. The maximum Gasteiger partial charge on any atom is 0.293 e. The summed E-state index contributed by atoms with van der Waals surface area (Å²) >= 11 is 4.92. The van der Waals surface area contributed by atoms with Crippen LogP contribution in [0.2, 0.25) is 0 Å². The second-order valence-electron chi connectivity index (χ2n) is 5.26. The van der Waals surface area contributed by atoms with E-state index < -0.39 is 5.91 Å². The first kappa shape index (κ1) is 18.2. The second-order valence-corrected chi connectivity index (χ2v) is 7.72. The van der Waals surface area contributed by atoms with Crippen molar-refractivity contribution in [1.29, 1.82) is 0 Å². The summed E-state index contributed by atoms with van der Waals surface area (Å²) in [5, 5.41) is 19.3. The van der Waals surface area contributed by atoms with Crippen LogP contribution in [0.5, 0.6) is 0 Å². The number of thiophene rings is 1. The Bertz CT molecular complexity index is 960. The molecule has 3 aromatic heterocycles. The third kappa shape index (κ3) is 3.65. The lowest BCUT2D eigenvalue weighted by Gasteiger charge is -2.04. The Labute approximate surface area is 160 Å². The number of nitrogens with zero attached hydrogens (tertiary/aromatic N) is 6. The summed E-state index contributed by atoms with van der Waals surface area (Å²) in [6, 6.07) is 3.83. The summed E-state index contributed by atoms with van der Waals surface area (Å²) in [6.45, 7) is 3.78. The van der Waals surface area contributed by atoms with Crippen LogP contribution in [0, 0.1) is 0 Å². The molecule has 0 bridgehead atoms. The highest BCUT2D eigenvalue weighted by atomic mass is 79.9. The van der Waals surface area contributed by atoms with Gasteiger partial charge in [-0.3, -0.25) is 4.79 Å². The van der Waals surface area contributed by atoms with Crippen LogP contribution < -0.4 is 11.2 Å². The van der Waals surface area contributed by atoms with Crippen LogP contribution in [0.4, 0.5) is 5.82 Å². The molecule has 3 N–H and O–H groups in total. The predicted molar refractivity (Wildman–Crippen MR) is 99.3 cm³/mol. The minimum atomic E-state index is -0.468. The Morgan fingerprint density at radius 3 is 2.88 bits per heavy atom. The van der Waals surface area contributed by atoms with Crippen LogP contribution in [-0.4, -0.2) is 36.9 Å². The number of nitrogens with two attached hydrogens (primary N) is 1. The molecule has 0 radical (unpaired) electrons. The van der Waals surface area contributed by atoms with Crippen molar-refractivity contribution < 1.29 is 9.42 Å². The van der Waals surface area contributed by atoms with Crippen molar-refractivity contribution in [2.45, 2.75) is 26.7 Å².